The second-order valence-electron chi connectivity index (χ2n) is 4.50. The molecule has 0 amide bonds. The summed E-state index contributed by atoms with van der Waals surface area (Å²) in [4.78, 5) is 3.92. The maximum Gasteiger partial charge on any atom is 0.219 e. The third-order valence-corrected chi connectivity index (χ3v) is 3.60. The average molecular weight is 347 g/mol. The Hall–Kier alpha value is -1.40. The van der Waals surface area contributed by atoms with Gasteiger partial charge in [-0.3, -0.25) is 0 Å². The van der Waals surface area contributed by atoms with Crippen LogP contribution in [0.3, 0.4) is 0 Å². The van der Waals surface area contributed by atoms with Gasteiger partial charge in [0.15, 0.2) is 0 Å². The van der Waals surface area contributed by atoms with Gasteiger partial charge in [0.25, 0.3) is 0 Å². The van der Waals surface area contributed by atoms with Gasteiger partial charge in [-0.15, -0.1) is 0 Å². The predicted molar refractivity (Wildman–Crippen MR) is 80.3 cm³/mol. The summed E-state index contributed by atoms with van der Waals surface area (Å²) in [6.07, 6.45) is 8.85. The van der Waals surface area contributed by atoms with E-state index in [9.17, 15) is 5.11 Å². The molecule has 0 saturated heterocycles. The molecule has 5 radical (unpaired) electrons. The molecule has 0 aliphatic heterocycles. The monoisotopic (exact) mass is 346 g/mol. The number of hydrogen-bond donors (Lipinski definition) is 1. The largest absolute Gasteiger partial charge is 0.466 e. The molecule has 1 N–H and O–H groups in total. The van der Waals surface area contributed by atoms with Gasteiger partial charge in [-0.05, 0) is 49.9 Å². The maximum atomic E-state index is 10.5. The molecule has 1 aromatic heterocycles. The number of aliphatic hydroxyl groups is 1. The van der Waals surface area contributed by atoms with Gasteiger partial charge < -0.3 is 9.84 Å². The van der Waals surface area contributed by atoms with Crippen LogP contribution in [0.15, 0.2) is 41.4 Å². The summed E-state index contributed by atoms with van der Waals surface area (Å²) in [6.45, 7) is 0. The third-order valence-electron chi connectivity index (χ3n) is 3.07. The van der Waals surface area contributed by atoms with Crippen molar-refractivity contribution in [2.24, 2.45) is 0 Å². The Morgan fingerprint density at radius 3 is 2.48 bits per heavy atom. The normalized spacial score (nSPS) is 18.6. The molecular weight excluding hydrogens is 334 g/mol. The van der Waals surface area contributed by atoms with E-state index in [-0.39, 0.29) is 0 Å². The van der Waals surface area contributed by atoms with Crippen molar-refractivity contribution in [3.05, 3.63) is 73.0 Å². The van der Waals surface area contributed by atoms with E-state index in [4.69, 9.17) is 4.74 Å². The lowest BCUT2D eigenvalue weighted by Gasteiger charge is -2.27. The quantitative estimate of drug-likeness (QED) is 0.902. The Morgan fingerprint density at radius 1 is 1.14 bits per heavy atom. The highest BCUT2D eigenvalue weighted by molar-refractivity contribution is 9.10. The Bertz CT molecular complexity index is 553. The van der Waals surface area contributed by atoms with Crippen LogP contribution < -0.4 is 4.74 Å². The molecule has 0 spiro atoms. The first-order chi connectivity index (χ1) is 10.2. The molecule has 1 aliphatic rings. The predicted octanol–water partition coefficient (Wildman–Crippen LogP) is 2.38. The van der Waals surface area contributed by atoms with E-state index in [1.54, 1.807) is 0 Å². The van der Waals surface area contributed by atoms with Crippen molar-refractivity contribution in [1.29, 1.82) is 0 Å². The van der Waals surface area contributed by atoms with Crippen molar-refractivity contribution >= 4 is 15.9 Å². The minimum absolute atomic E-state index is 0.643. The highest BCUT2D eigenvalue weighted by Crippen LogP contribution is 2.33. The molecule has 5 nitrogen and oxygen atoms in total. The summed E-state index contributed by atoms with van der Waals surface area (Å²) in [5.74, 6) is 1.41. The zero-order valence-corrected chi connectivity index (χ0v) is 12.6. The Morgan fingerprint density at radius 2 is 1.86 bits per heavy atom. The minimum Gasteiger partial charge on any atom is -0.466 e. The van der Waals surface area contributed by atoms with Crippen molar-refractivity contribution in [2.45, 2.75) is 12.3 Å². The molecule has 2 atom stereocenters. The van der Waals surface area contributed by atoms with E-state index < -0.39 is 12.3 Å². The van der Waals surface area contributed by atoms with E-state index in [0.717, 1.165) is 10.4 Å². The van der Waals surface area contributed by atoms with Gasteiger partial charge in [-0.25, -0.2) is 9.67 Å². The summed E-state index contributed by atoms with van der Waals surface area (Å²) in [5.41, 5.74) is 0. The number of rotatable bonds is 5. The second kappa shape index (κ2) is 6.58. The standard InChI is InChI=1S/C15H13BrN3O2/c16-12-5-7-13(8-6-12)21-15(19-10-17-9-18-19)14(20)11-3-1-2-4-11/h1-10,14-15,20H. The summed E-state index contributed by atoms with van der Waals surface area (Å²) in [6, 6.07) is 7.41. The van der Waals surface area contributed by atoms with E-state index >= 15 is 0 Å². The van der Waals surface area contributed by atoms with Gasteiger partial charge in [0.1, 0.15) is 24.5 Å². The molecule has 21 heavy (non-hydrogen) atoms. The van der Waals surface area contributed by atoms with E-state index in [2.05, 4.69) is 26.0 Å². The fraction of sp³-hybridized carbons (Fsp3) is 0.133. The molecule has 1 aliphatic carbocycles. The average Bonchev–Trinajstić information content (AvgIpc) is 3.19. The van der Waals surface area contributed by atoms with Gasteiger partial charge in [-0.2, -0.15) is 5.10 Å². The summed E-state index contributed by atoms with van der Waals surface area (Å²) in [5, 5.41) is 14.6. The Labute approximate surface area is 132 Å². The second-order valence-corrected chi connectivity index (χ2v) is 5.42. The topological polar surface area (TPSA) is 60.2 Å². The van der Waals surface area contributed by atoms with Crippen LogP contribution in [-0.2, 0) is 0 Å². The van der Waals surface area contributed by atoms with Crippen LogP contribution in [0.2, 0.25) is 0 Å². The highest BCUT2D eigenvalue weighted by atomic mass is 79.9. The maximum absolute atomic E-state index is 10.5. The van der Waals surface area contributed by atoms with Crippen LogP contribution in [0.25, 0.3) is 0 Å². The molecular formula is C15H13BrN3O2. The first kappa shape index (κ1) is 14.5. The van der Waals surface area contributed by atoms with Crippen molar-refractivity contribution in [1.82, 2.24) is 14.8 Å². The van der Waals surface area contributed by atoms with Crippen molar-refractivity contribution < 1.29 is 9.84 Å². The lowest BCUT2D eigenvalue weighted by molar-refractivity contribution is -0.00498. The molecule has 6 heteroatoms. The van der Waals surface area contributed by atoms with Crippen molar-refractivity contribution in [3.63, 3.8) is 0 Å². The molecule has 0 bridgehead atoms. The van der Waals surface area contributed by atoms with Gasteiger partial charge >= 0.3 is 0 Å². The van der Waals surface area contributed by atoms with Crippen molar-refractivity contribution in [3.8, 4) is 5.75 Å². The van der Waals surface area contributed by atoms with Gasteiger partial charge in [-0.1, -0.05) is 15.9 Å². The Balaban J connectivity index is 1.80. The molecule has 1 fully saturated rings. The van der Waals surface area contributed by atoms with Gasteiger partial charge in [0, 0.05) is 10.4 Å². The number of benzene rings is 1. The highest BCUT2D eigenvalue weighted by Gasteiger charge is 2.34. The number of aliphatic hydroxyl groups excluding tert-OH is 1. The molecule has 1 heterocycles. The molecule has 2 unspecified atom stereocenters. The number of hydrogen-bond acceptors (Lipinski definition) is 4. The fourth-order valence-electron chi connectivity index (χ4n) is 2.02. The van der Waals surface area contributed by atoms with E-state index in [1.807, 2.05) is 49.9 Å². The van der Waals surface area contributed by atoms with Crippen LogP contribution in [0.4, 0.5) is 0 Å². The molecule has 2 aromatic rings. The van der Waals surface area contributed by atoms with E-state index in [0.29, 0.717) is 5.75 Å². The van der Waals surface area contributed by atoms with E-state index in [1.165, 1.54) is 17.3 Å². The fourth-order valence-corrected chi connectivity index (χ4v) is 2.28. The van der Waals surface area contributed by atoms with Crippen LogP contribution in [0.5, 0.6) is 5.75 Å². The van der Waals surface area contributed by atoms with Gasteiger partial charge in [0.2, 0.25) is 6.23 Å². The summed E-state index contributed by atoms with van der Waals surface area (Å²) in [7, 11) is 0. The zero-order valence-electron chi connectivity index (χ0n) is 11.0. The third kappa shape index (κ3) is 3.44. The smallest absolute Gasteiger partial charge is 0.219 e. The minimum atomic E-state index is -0.842. The lowest BCUT2D eigenvalue weighted by atomic mass is 9.99. The molecule has 107 valence electrons. The van der Waals surface area contributed by atoms with Crippen LogP contribution in [0, 0.1) is 31.6 Å². The summed E-state index contributed by atoms with van der Waals surface area (Å²) >= 11 is 3.38. The van der Waals surface area contributed by atoms with Crippen molar-refractivity contribution in [2.75, 3.05) is 0 Å². The Kier molecular flexibility index (Phi) is 4.55. The van der Waals surface area contributed by atoms with Gasteiger partial charge in [0.05, 0.1) is 0 Å². The van der Waals surface area contributed by atoms with Crippen LogP contribution in [-0.4, -0.2) is 26.0 Å². The zero-order chi connectivity index (χ0) is 14.7. The molecule has 1 aromatic carbocycles. The first-order valence-corrected chi connectivity index (χ1v) is 7.19. The molecule has 3 rings (SSSR count). The first-order valence-electron chi connectivity index (χ1n) is 6.40. The summed E-state index contributed by atoms with van der Waals surface area (Å²) < 4.78 is 8.35. The lowest BCUT2D eigenvalue weighted by Crippen LogP contribution is -2.34. The number of ether oxygens (including phenoxy) is 1. The van der Waals surface area contributed by atoms with Crippen LogP contribution in [0.1, 0.15) is 6.23 Å². The van der Waals surface area contributed by atoms with Crippen LogP contribution >= 0.6 is 15.9 Å². The number of aromatic nitrogens is 3. The molecule has 1 saturated carbocycles. The number of nitrogens with zero attached hydrogens (tertiary/aromatic N) is 3. The number of halogens is 1. The SMILES string of the molecule is OC([C]1[CH][CH][CH][CH]1)C(Oc1ccc(Br)cc1)n1cncn1.